The summed E-state index contributed by atoms with van der Waals surface area (Å²) in [5.41, 5.74) is 6.16. The lowest BCUT2D eigenvalue weighted by Gasteiger charge is -2.50. The molecule has 0 radical (unpaired) electrons. The molecule has 1 aliphatic heterocycles. The molecule has 1 atom stereocenters. The number of methoxy groups -OCH3 is 2. The van der Waals surface area contributed by atoms with Crippen molar-refractivity contribution >= 4 is 11.6 Å². The highest BCUT2D eigenvalue weighted by Gasteiger charge is 2.42. The average Bonchev–Trinajstić information content (AvgIpc) is 3.17. The second-order valence-electron chi connectivity index (χ2n) is 14.3. The van der Waals surface area contributed by atoms with E-state index in [2.05, 4.69) is 83.0 Å². The van der Waals surface area contributed by atoms with E-state index in [1.807, 2.05) is 0 Å². The summed E-state index contributed by atoms with van der Waals surface area (Å²) in [4.78, 5) is 26.3. The van der Waals surface area contributed by atoms with Crippen molar-refractivity contribution in [2.24, 2.45) is 0 Å². The Balaban J connectivity index is 1.16. The lowest BCUT2D eigenvalue weighted by atomic mass is 9.68. The summed E-state index contributed by atoms with van der Waals surface area (Å²) in [6, 6.07) is 32.4. The largest absolute Gasteiger partial charge is 0.493 e. The normalized spacial score (nSPS) is 17.5. The number of nitrogens with one attached hydrogen (secondary N) is 1. The summed E-state index contributed by atoms with van der Waals surface area (Å²) < 4.78 is 11.3. The third-order valence-electron chi connectivity index (χ3n) is 11.4. The number of fused-ring (bicyclic) bond motifs is 1. The van der Waals surface area contributed by atoms with Crippen LogP contribution in [0.4, 0.5) is 5.69 Å². The van der Waals surface area contributed by atoms with Crippen molar-refractivity contribution in [2.75, 3.05) is 33.9 Å². The van der Waals surface area contributed by atoms with E-state index in [4.69, 9.17) is 9.47 Å². The van der Waals surface area contributed by atoms with Crippen LogP contribution in [0.5, 0.6) is 11.5 Å². The summed E-state index contributed by atoms with van der Waals surface area (Å²) in [7, 11) is 3.43. The Labute approximate surface area is 302 Å². The molecule has 6 rings (SSSR count). The second kappa shape index (κ2) is 16.6. The van der Waals surface area contributed by atoms with E-state index in [1.165, 1.54) is 53.6 Å². The van der Waals surface area contributed by atoms with Gasteiger partial charge in [0.1, 0.15) is 0 Å². The molecule has 1 heterocycles. The van der Waals surface area contributed by atoms with Gasteiger partial charge in [-0.3, -0.25) is 19.8 Å². The van der Waals surface area contributed by atoms with Gasteiger partial charge in [-0.2, -0.15) is 0 Å². The number of nitro benzene ring substituents is 1. The number of carbonyl (C=O) groups is 1. The zero-order valence-electron chi connectivity index (χ0n) is 30.1. The van der Waals surface area contributed by atoms with Gasteiger partial charge in [0.2, 0.25) is 5.91 Å². The smallest absolute Gasteiger partial charge is 0.269 e. The van der Waals surface area contributed by atoms with Gasteiger partial charge in [0, 0.05) is 29.6 Å². The Kier molecular flexibility index (Phi) is 11.7. The van der Waals surface area contributed by atoms with Crippen LogP contribution in [0.25, 0.3) is 0 Å². The average molecular weight is 690 g/mol. The molecular formula is C43H51N3O5. The molecule has 268 valence electrons. The van der Waals surface area contributed by atoms with Gasteiger partial charge in [0.15, 0.2) is 11.5 Å². The topological polar surface area (TPSA) is 93.9 Å². The van der Waals surface area contributed by atoms with Crippen LogP contribution in [0, 0.1) is 10.1 Å². The van der Waals surface area contributed by atoms with E-state index in [9.17, 15) is 14.9 Å². The van der Waals surface area contributed by atoms with E-state index >= 15 is 0 Å². The molecule has 8 nitrogen and oxygen atoms in total. The molecule has 1 spiro atoms. The highest BCUT2D eigenvalue weighted by molar-refractivity contribution is 5.78. The molecule has 0 aromatic heterocycles. The molecule has 1 N–H and O–H groups in total. The fourth-order valence-electron chi connectivity index (χ4n) is 8.71. The summed E-state index contributed by atoms with van der Waals surface area (Å²) >= 11 is 0. The predicted octanol–water partition coefficient (Wildman–Crippen LogP) is 8.23. The van der Waals surface area contributed by atoms with Crippen LogP contribution in [0.2, 0.25) is 0 Å². The highest BCUT2D eigenvalue weighted by Crippen LogP contribution is 2.45. The number of rotatable bonds is 15. The van der Waals surface area contributed by atoms with Gasteiger partial charge in [-0.15, -0.1) is 0 Å². The predicted molar refractivity (Wildman–Crippen MR) is 202 cm³/mol. The van der Waals surface area contributed by atoms with Crippen molar-refractivity contribution in [2.45, 2.75) is 81.6 Å². The van der Waals surface area contributed by atoms with Crippen molar-refractivity contribution in [3.8, 4) is 11.5 Å². The fraction of sp³-hybridized carbons (Fsp3) is 0.419. The van der Waals surface area contributed by atoms with Crippen LogP contribution >= 0.6 is 0 Å². The zero-order valence-corrected chi connectivity index (χ0v) is 30.1. The van der Waals surface area contributed by atoms with Gasteiger partial charge in [-0.25, -0.2) is 0 Å². The molecule has 1 unspecified atom stereocenters. The molecule has 4 aromatic carbocycles. The third-order valence-corrected chi connectivity index (χ3v) is 11.4. The Morgan fingerprint density at radius 3 is 2.10 bits per heavy atom. The Morgan fingerprint density at radius 2 is 1.47 bits per heavy atom. The minimum Gasteiger partial charge on any atom is -0.493 e. The van der Waals surface area contributed by atoms with Crippen LogP contribution in [-0.4, -0.2) is 55.1 Å². The van der Waals surface area contributed by atoms with Crippen molar-refractivity contribution in [3.63, 3.8) is 0 Å². The number of hydrogen-bond donors (Lipinski definition) is 1. The van der Waals surface area contributed by atoms with Gasteiger partial charge in [0.05, 0.1) is 25.6 Å². The number of benzene rings is 4. The third kappa shape index (κ3) is 8.28. The lowest BCUT2D eigenvalue weighted by molar-refractivity contribution is -0.384. The number of nitro groups is 1. The molecule has 4 aromatic rings. The van der Waals surface area contributed by atoms with Crippen LogP contribution in [-0.2, 0) is 29.5 Å². The molecular weight excluding hydrogens is 638 g/mol. The number of non-ortho nitro benzene ring substituents is 1. The van der Waals surface area contributed by atoms with Gasteiger partial charge >= 0.3 is 0 Å². The van der Waals surface area contributed by atoms with E-state index in [-0.39, 0.29) is 29.0 Å². The maximum atomic E-state index is 12.9. The first-order valence-electron chi connectivity index (χ1n) is 18.5. The number of hydrogen-bond acceptors (Lipinski definition) is 6. The number of likely N-dealkylation sites (tertiary alicyclic amines) is 1. The molecule has 51 heavy (non-hydrogen) atoms. The first-order chi connectivity index (χ1) is 24.9. The second-order valence-corrected chi connectivity index (χ2v) is 14.3. The number of aryl methyl sites for hydroxylation is 1. The molecule has 0 saturated carbocycles. The lowest BCUT2D eigenvalue weighted by Crippen LogP contribution is -2.55. The van der Waals surface area contributed by atoms with Crippen molar-refractivity contribution in [3.05, 3.63) is 135 Å². The Bertz CT molecular complexity index is 1720. The summed E-state index contributed by atoms with van der Waals surface area (Å²) in [5, 5.41) is 14.1. The summed E-state index contributed by atoms with van der Waals surface area (Å²) in [6.07, 6.45) is 11.0. The van der Waals surface area contributed by atoms with Gasteiger partial charge in [0.25, 0.3) is 5.69 Å². The van der Waals surface area contributed by atoms with Crippen LogP contribution in [0.1, 0.15) is 79.2 Å². The number of ether oxygens (including phenoxy) is 2. The first-order valence-corrected chi connectivity index (χ1v) is 18.5. The van der Waals surface area contributed by atoms with Crippen LogP contribution in [0.3, 0.4) is 0 Å². The maximum absolute atomic E-state index is 12.9. The van der Waals surface area contributed by atoms with Crippen molar-refractivity contribution in [1.29, 1.82) is 0 Å². The molecule has 1 fully saturated rings. The fourth-order valence-corrected chi connectivity index (χ4v) is 8.71. The van der Waals surface area contributed by atoms with E-state index in [0.717, 1.165) is 75.1 Å². The quantitative estimate of drug-likeness (QED) is 0.0768. The summed E-state index contributed by atoms with van der Waals surface area (Å²) in [6.45, 7) is 2.75. The molecule has 1 aliphatic carbocycles. The van der Waals surface area contributed by atoms with Crippen LogP contribution in [0.15, 0.2) is 97.1 Å². The van der Waals surface area contributed by atoms with Gasteiger partial charge in [-0.1, -0.05) is 79.2 Å². The summed E-state index contributed by atoms with van der Waals surface area (Å²) in [5.74, 6) is 1.55. The number of nitrogens with zero attached hydrogens (tertiary/aromatic N) is 2. The molecule has 1 saturated heterocycles. The van der Waals surface area contributed by atoms with Gasteiger partial charge in [-0.05, 0) is 111 Å². The minimum absolute atomic E-state index is 0.0264. The number of amides is 1. The Hall–Kier alpha value is -4.69. The number of carbonyl (C=O) groups excluding carboxylic acids is 1. The zero-order chi connectivity index (χ0) is 35.7. The standard InChI is InChI=1S/C43H51N3O5/c1-50-39-30-34-21-25-42(32-35(34)31-40(39)51-2)22-9-10-27-45(42)28-12-24-43(36-13-5-3-6-14-36,37-15-7-4-8-16-37)23-11-26-44-41(47)29-33-17-19-38(20-18-33)46(48)49/h3-8,13-20,30-31H,9-12,21-29,32H2,1-2H3,(H,44,47). The monoisotopic (exact) mass is 689 g/mol. The van der Waals surface area contributed by atoms with Gasteiger partial charge < -0.3 is 14.8 Å². The van der Waals surface area contributed by atoms with Crippen molar-refractivity contribution in [1.82, 2.24) is 10.2 Å². The highest BCUT2D eigenvalue weighted by atomic mass is 16.6. The minimum atomic E-state index is -0.426. The van der Waals surface area contributed by atoms with E-state index < -0.39 is 4.92 Å². The van der Waals surface area contributed by atoms with E-state index in [1.54, 1.807) is 26.4 Å². The molecule has 0 bridgehead atoms. The first kappa shape index (κ1) is 36.1. The molecule has 8 heteroatoms. The molecule has 1 amide bonds. The van der Waals surface area contributed by atoms with Crippen molar-refractivity contribution < 1.29 is 19.2 Å². The number of piperidine rings is 1. The maximum Gasteiger partial charge on any atom is 0.269 e. The Morgan fingerprint density at radius 1 is 0.843 bits per heavy atom. The SMILES string of the molecule is COc1cc2c(cc1OC)CC1(CCCCN1CCCC(CCCNC(=O)Cc1ccc([N+](=O)[O-])cc1)(c1ccccc1)c1ccccc1)CC2. The molecule has 2 aliphatic rings. The van der Waals surface area contributed by atoms with E-state index in [0.29, 0.717) is 6.54 Å². The van der Waals surface area contributed by atoms with Crippen LogP contribution < -0.4 is 14.8 Å².